The van der Waals surface area contributed by atoms with Gasteiger partial charge >= 0.3 is 33.7 Å². The van der Waals surface area contributed by atoms with Crippen molar-refractivity contribution >= 4 is 37.6 Å². The van der Waals surface area contributed by atoms with E-state index in [1.807, 2.05) is 72.8 Å². The fourth-order valence-electron chi connectivity index (χ4n) is 2.65. The second-order valence-electron chi connectivity index (χ2n) is 6.33. The molecule has 0 aliphatic carbocycles. The van der Waals surface area contributed by atoms with E-state index in [9.17, 15) is 0 Å². The first-order valence-electron chi connectivity index (χ1n) is 9.51. The molecule has 30 heavy (non-hydrogen) atoms. The van der Waals surface area contributed by atoms with Crippen molar-refractivity contribution in [3.8, 4) is 0 Å². The van der Waals surface area contributed by atoms with Crippen LogP contribution in [0.1, 0.15) is 0 Å². The van der Waals surface area contributed by atoms with Crippen molar-refractivity contribution in [2.24, 2.45) is 0 Å². The second-order valence-corrected chi connectivity index (χ2v) is 8.06. The molecular formula is C24H24AlLiN4. The van der Waals surface area contributed by atoms with Crippen LogP contribution in [0.2, 0.25) is 0 Å². The molecule has 0 heterocycles. The fourth-order valence-corrected chi connectivity index (χ4v) is 4.44. The largest absolute Gasteiger partial charge is 1.00 e. The molecule has 0 bridgehead atoms. The maximum atomic E-state index is 7.00. The molecule has 0 amide bonds. The summed E-state index contributed by atoms with van der Waals surface area (Å²) in [6.45, 7) is 0. The van der Waals surface area contributed by atoms with Crippen LogP contribution in [0, 0.1) is 0 Å². The molecule has 144 valence electrons. The zero-order valence-electron chi connectivity index (χ0n) is 17.1. The fraction of sp³-hybridized carbons (Fsp3) is 0. The summed E-state index contributed by atoms with van der Waals surface area (Å²) >= 11 is -1.66. The molecule has 0 aromatic heterocycles. The third-order valence-electron chi connectivity index (χ3n) is 4.03. The molecule has 4 aromatic rings. The Hall–Kier alpha value is -2.79. The standard InChI is InChI=1S/4C6H6N.Al.Li/c4*7-6-4-2-1-3-5-6;;/h4*1-5,7H;;/q4*-1;+3;+1. The van der Waals surface area contributed by atoms with E-state index in [-0.39, 0.29) is 18.9 Å². The Morgan fingerprint density at radius 1 is 0.433 bits per heavy atom. The summed E-state index contributed by atoms with van der Waals surface area (Å²) in [5.41, 5.74) is 10.9. The van der Waals surface area contributed by atoms with Gasteiger partial charge < -0.3 is 18.6 Å². The first kappa shape index (κ1) is 23.5. The van der Waals surface area contributed by atoms with Crippen LogP contribution >= 0.6 is 0 Å². The number of hydrogen-bond donors (Lipinski definition) is 3. The van der Waals surface area contributed by atoms with Gasteiger partial charge in [-0.3, -0.25) is 0 Å². The Morgan fingerprint density at radius 2 is 0.700 bits per heavy atom. The van der Waals surface area contributed by atoms with Gasteiger partial charge in [-0.2, -0.15) is 0 Å². The van der Waals surface area contributed by atoms with Gasteiger partial charge in [0.1, 0.15) is 0 Å². The molecule has 0 fully saturated rings. The minimum Gasteiger partial charge on any atom is -0.699 e. The van der Waals surface area contributed by atoms with Crippen LogP contribution in [0.15, 0.2) is 121 Å². The summed E-state index contributed by atoms with van der Waals surface area (Å²) in [7, 11) is 0. The third-order valence-corrected chi connectivity index (χ3v) is 5.89. The summed E-state index contributed by atoms with van der Waals surface area (Å²) in [4.78, 5) is 0. The first-order chi connectivity index (χ1) is 14.3. The maximum absolute atomic E-state index is 7.00. The topological polar surface area (TPSA) is 59.9 Å². The first-order valence-corrected chi connectivity index (χ1v) is 11.2. The van der Waals surface area contributed by atoms with Crippen LogP contribution in [0.5, 0.6) is 0 Å². The molecule has 0 unspecified atom stereocenters. The van der Waals surface area contributed by atoms with E-state index in [0.29, 0.717) is 5.69 Å². The smallest absolute Gasteiger partial charge is 0.699 e. The molecule has 0 aliphatic heterocycles. The Kier molecular flexibility index (Phi) is 10.5. The number of anilines is 3. The monoisotopic (exact) mass is 402 g/mol. The molecule has 0 radical (unpaired) electrons. The molecule has 0 saturated carbocycles. The van der Waals surface area contributed by atoms with Crippen LogP contribution in [-0.4, -0.2) is 14.8 Å². The van der Waals surface area contributed by atoms with E-state index in [2.05, 4.69) is 49.3 Å². The average molecular weight is 402 g/mol. The molecule has 0 aliphatic rings. The quantitative estimate of drug-likeness (QED) is 0.431. The molecule has 4 aromatic carbocycles. The van der Waals surface area contributed by atoms with Gasteiger partial charge in [-0.05, 0) is 36.4 Å². The predicted molar refractivity (Wildman–Crippen MR) is 126 cm³/mol. The molecule has 0 saturated heterocycles. The van der Waals surface area contributed by atoms with Gasteiger partial charge in [-0.1, -0.05) is 84.9 Å². The van der Waals surface area contributed by atoms with Gasteiger partial charge in [-0.25, -0.2) is 0 Å². The summed E-state index contributed by atoms with van der Waals surface area (Å²) in [6, 6.07) is 39.9. The Labute approximate surface area is 195 Å². The van der Waals surface area contributed by atoms with E-state index >= 15 is 0 Å². The molecule has 6 heteroatoms. The van der Waals surface area contributed by atoms with E-state index in [1.54, 1.807) is 12.1 Å². The Balaban J connectivity index is 0.000000341. The van der Waals surface area contributed by atoms with Gasteiger partial charge in [-0.15, -0.1) is 5.69 Å². The zero-order chi connectivity index (χ0) is 20.2. The molecule has 0 spiro atoms. The summed E-state index contributed by atoms with van der Waals surface area (Å²) in [5.74, 6) is 0. The Morgan fingerprint density at radius 3 is 0.933 bits per heavy atom. The van der Waals surface area contributed by atoms with E-state index in [1.165, 1.54) is 0 Å². The van der Waals surface area contributed by atoms with Crippen molar-refractivity contribution in [3.63, 3.8) is 0 Å². The van der Waals surface area contributed by atoms with Gasteiger partial charge in [0.05, 0.1) is 0 Å². The van der Waals surface area contributed by atoms with E-state index in [0.717, 1.165) is 17.1 Å². The second kappa shape index (κ2) is 13.4. The Bertz CT molecular complexity index is 843. The van der Waals surface area contributed by atoms with Gasteiger partial charge in [0.2, 0.25) is 0 Å². The number of hydrogen-bond acceptors (Lipinski definition) is 3. The normalized spacial score (nSPS) is 9.20. The van der Waals surface area contributed by atoms with E-state index in [4.69, 9.17) is 5.73 Å². The van der Waals surface area contributed by atoms with Crippen molar-refractivity contribution < 1.29 is 18.9 Å². The van der Waals surface area contributed by atoms with E-state index < -0.39 is 14.8 Å². The molecule has 0 atom stereocenters. The minimum absolute atomic E-state index is 0. The van der Waals surface area contributed by atoms with Crippen molar-refractivity contribution in [1.82, 2.24) is 0 Å². The number of para-hydroxylation sites is 3. The summed E-state index contributed by atoms with van der Waals surface area (Å²) < 4.78 is 10.8. The van der Waals surface area contributed by atoms with Crippen LogP contribution < -0.4 is 31.8 Å². The number of nitrogens with one attached hydrogen (secondary N) is 4. The maximum Gasteiger partial charge on any atom is 1.00 e. The number of rotatable bonds is 6. The van der Waals surface area contributed by atoms with Gasteiger partial charge in [0.15, 0.2) is 0 Å². The van der Waals surface area contributed by atoms with Crippen LogP contribution in [0.4, 0.5) is 22.7 Å². The third kappa shape index (κ3) is 8.70. The summed E-state index contributed by atoms with van der Waals surface area (Å²) in [6.07, 6.45) is 0. The average Bonchev–Trinajstić information content (AvgIpc) is 2.77. The van der Waals surface area contributed by atoms with Crippen LogP contribution in [-0.2, 0) is 0 Å². The van der Waals surface area contributed by atoms with Gasteiger partial charge in [0.25, 0.3) is 0 Å². The van der Waals surface area contributed by atoms with Crippen molar-refractivity contribution in [1.29, 1.82) is 0 Å². The van der Waals surface area contributed by atoms with Crippen molar-refractivity contribution in [2.45, 2.75) is 0 Å². The summed E-state index contributed by atoms with van der Waals surface area (Å²) in [5, 5.41) is 0. The zero-order valence-corrected chi connectivity index (χ0v) is 18.3. The molecule has 4 N–H and O–H groups in total. The predicted octanol–water partition coefficient (Wildman–Crippen LogP) is 3.68. The molecule has 4 rings (SSSR count). The SMILES string of the molecule is [Li+].[NH-]c1ccccc1.c1ccc([NH][Al]([NH]c2ccccc2)[NH]c2ccccc2)cc1. The molecular weight excluding hydrogens is 378 g/mol. The number of benzene rings is 4. The minimum atomic E-state index is -1.66. The van der Waals surface area contributed by atoms with Crippen LogP contribution in [0.3, 0.4) is 0 Å². The van der Waals surface area contributed by atoms with Crippen molar-refractivity contribution in [2.75, 3.05) is 12.9 Å². The van der Waals surface area contributed by atoms with Gasteiger partial charge in [0, 0.05) is 17.1 Å². The van der Waals surface area contributed by atoms with Crippen molar-refractivity contribution in [3.05, 3.63) is 127 Å². The van der Waals surface area contributed by atoms with Crippen LogP contribution in [0.25, 0.3) is 5.73 Å². The molecule has 4 nitrogen and oxygen atoms in total.